The molecule has 2 heterocycles. The summed E-state index contributed by atoms with van der Waals surface area (Å²) >= 11 is 0. The van der Waals surface area contributed by atoms with E-state index in [1.54, 1.807) is 0 Å². The number of carboxylic acids is 1. The molecule has 8 heteroatoms. The lowest BCUT2D eigenvalue weighted by Gasteiger charge is -2.21. The quantitative estimate of drug-likeness (QED) is 0.652. The van der Waals surface area contributed by atoms with Gasteiger partial charge in [-0.25, -0.2) is 9.78 Å². The number of pyridine rings is 1. The fraction of sp³-hybridized carbons (Fsp3) is 0.308. The number of piperidine rings is 1. The molecule has 8 nitrogen and oxygen atoms in total. The van der Waals surface area contributed by atoms with Gasteiger partial charge in [0.1, 0.15) is 11.7 Å². The summed E-state index contributed by atoms with van der Waals surface area (Å²) < 4.78 is 0. The van der Waals surface area contributed by atoms with Crippen LogP contribution in [0.5, 0.6) is 0 Å². The number of aryl methyl sites for hydroxylation is 1. The molecular weight excluding hydrogens is 278 g/mol. The number of carbonyl (C=O) groups excluding carboxylic acids is 3. The molecule has 2 rings (SSSR count). The van der Waals surface area contributed by atoms with Crippen LogP contribution in [-0.4, -0.2) is 39.8 Å². The number of amides is 3. The summed E-state index contributed by atoms with van der Waals surface area (Å²) in [4.78, 5) is 49.3. The van der Waals surface area contributed by atoms with E-state index in [2.05, 4.69) is 15.6 Å². The Kier molecular flexibility index (Phi) is 3.97. The molecule has 1 aromatic rings. The molecule has 0 radical (unpaired) electrons. The molecule has 1 unspecified atom stereocenters. The van der Waals surface area contributed by atoms with E-state index in [1.807, 2.05) is 0 Å². The number of aromatic nitrogens is 1. The van der Waals surface area contributed by atoms with Crippen LogP contribution in [0, 0.1) is 6.92 Å². The third-order valence-electron chi connectivity index (χ3n) is 3.09. The van der Waals surface area contributed by atoms with Gasteiger partial charge in [0.05, 0.1) is 11.3 Å². The normalized spacial score (nSPS) is 18.0. The summed E-state index contributed by atoms with van der Waals surface area (Å²) in [6.45, 7) is 1.48. The first kappa shape index (κ1) is 14.6. The monoisotopic (exact) mass is 291 g/mol. The van der Waals surface area contributed by atoms with Gasteiger partial charge in [0, 0.05) is 6.42 Å². The molecule has 110 valence electrons. The average molecular weight is 291 g/mol. The van der Waals surface area contributed by atoms with Crippen LogP contribution in [0.3, 0.4) is 0 Å². The van der Waals surface area contributed by atoms with Gasteiger partial charge in [-0.2, -0.15) is 0 Å². The molecule has 1 aromatic heterocycles. The molecule has 3 amide bonds. The van der Waals surface area contributed by atoms with Crippen LogP contribution in [0.2, 0.25) is 0 Å². The molecule has 1 aliphatic heterocycles. The van der Waals surface area contributed by atoms with Gasteiger partial charge < -0.3 is 10.4 Å². The van der Waals surface area contributed by atoms with Crippen LogP contribution < -0.4 is 10.6 Å². The third-order valence-corrected chi connectivity index (χ3v) is 3.09. The Balaban J connectivity index is 2.10. The molecule has 1 fully saturated rings. The number of rotatable bonds is 3. The minimum atomic E-state index is -1.13. The highest BCUT2D eigenvalue weighted by atomic mass is 16.4. The Labute approximate surface area is 119 Å². The number of imide groups is 1. The standard InChI is InChI=1S/C13H13N3O5/c1-6-7(13(20)21)2-3-8(14-6)11(18)15-9-4-5-10(17)16-12(9)19/h2-3,9H,4-5H2,1H3,(H,15,18)(H,20,21)(H,16,17,19). The SMILES string of the molecule is Cc1nc(C(=O)NC2CCC(=O)NC2=O)ccc1C(=O)O. The van der Waals surface area contributed by atoms with Crippen LogP contribution >= 0.6 is 0 Å². The summed E-state index contributed by atoms with van der Waals surface area (Å²) in [6, 6.07) is 1.76. The Bertz CT molecular complexity index is 641. The van der Waals surface area contributed by atoms with E-state index in [1.165, 1.54) is 19.1 Å². The van der Waals surface area contributed by atoms with Crippen molar-refractivity contribution in [3.63, 3.8) is 0 Å². The topological polar surface area (TPSA) is 125 Å². The van der Waals surface area contributed by atoms with Crippen molar-refractivity contribution in [2.45, 2.75) is 25.8 Å². The number of hydrogen-bond donors (Lipinski definition) is 3. The Morgan fingerprint density at radius 3 is 2.67 bits per heavy atom. The summed E-state index contributed by atoms with van der Waals surface area (Å²) in [7, 11) is 0. The van der Waals surface area contributed by atoms with Gasteiger partial charge >= 0.3 is 5.97 Å². The van der Waals surface area contributed by atoms with Gasteiger partial charge in [0.25, 0.3) is 5.91 Å². The smallest absolute Gasteiger partial charge is 0.337 e. The van der Waals surface area contributed by atoms with Crippen molar-refractivity contribution in [1.82, 2.24) is 15.6 Å². The molecule has 0 bridgehead atoms. The van der Waals surface area contributed by atoms with Gasteiger partial charge in [-0.15, -0.1) is 0 Å². The van der Waals surface area contributed by atoms with Crippen molar-refractivity contribution >= 4 is 23.7 Å². The summed E-state index contributed by atoms with van der Waals surface area (Å²) in [5, 5.41) is 13.5. The second-order valence-corrected chi connectivity index (χ2v) is 4.61. The highest BCUT2D eigenvalue weighted by molar-refractivity contribution is 6.03. The summed E-state index contributed by atoms with van der Waals surface area (Å²) in [6.07, 6.45) is 0.379. The Morgan fingerprint density at radius 2 is 2.10 bits per heavy atom. The number of carbonyl (C=O) groups is 4. The van der Waals surface area contributed by atoms with E-state index in [4.69, 9.17) is 5.11 Å². The predicted octanol–water partition coefficient (Wildman–Crippen LogP) is -0.377. The van der Waals surface area contributed by atoms with E-state index >= 15 is 0 Å². The number of aromatic carboxylic acids is 1. The first-order valence-electron chi connectivity index (χ1n) is 6.24. The first-order valence-corrected chi connectivity index (χ1v) is 6.24. The maximum atomic E-state index is 12.0. The van der Waals surface area contributed by atoms with Crippen LogP contribution in [0.4, 0.5) is 0 Å². The average Bonchev–Trinajstić information content (AvgIpc) is 2.41. The van der Waals surface area contributed by atoms with Gasteiger partial charge in [0.2, 0.25) is 11.8 Å². The van der Waals surface area contributed by atoms with Crippen molar-refractivity contribution in [2.75, 3.05) is 0 Å². The largest absolute Gasteiger partial charge is 0.478 e. The molecular formula is C13H13N3O5. The van der Waals surface area contributed by atoms with Crippen LogP contribution in [0.1, 0.15) is 39.4 Å². The lowest BCUT2D eigenvalue weighted by atomic mass is 10.1. The van der Waals surface area contributed by atoms with Crippen molar-refractivity contribution in [3.8, 4) is 0 Å². The lowest BCUT2D eigenvalue weighted by molar-refractivity contribution is -0.134. The fourth-order valence-electron chi connectivity index (χ4n) is 1.98. The predicted molar refractivity (Wildman–Crippen MR) is 69.6 cm³/mol. The lowest BCUT2D eigenvalue weighted by Crippen LogP contribution is -2.52. The molecule has 3 N–H and O–H groups in total. The van der Waals surface area contributed by atoms with E-state index in [-0.39, 0.29) is 35.7 Å². The van der Waals surface area contributed by atoms with E-state index in [9.17, 15) is 19.2 Å². The maximum Gasteiger partial charge on any atom is 0.337 e. The summed E-state index contributed by atoms with van der Waals surface area (Å²) in [5.41, 5.74) is 0.230. The molecule has 0 saturated carbocycles. The van der Waals surface area contributed by atoms with Crippen LogP contribution in [0.25, 0.3) is 0 Å². The van der Waals surface area contributed by atoms with Crippen molar-refractivity contribution in [3.05, 3.63) is 29.1 Å². The fourth-order valence-corrected chi connectivity index (χ4v) is 1.98. The minimum Gasteiger partial charge on any atom is -0.478 e. The number of nitrogens with zero attached hydrogens (tertiary/aromatic N) is 1. The minimum absolute atomic E-state index is 0.00700. The zero-order chi connectivity index (χ0) is 15.6. The number of hydrogen-bond acceptors (Lipinski definition) is 5. The second-order valence-electron chi connectivity index (χ2n) is 4.61. The molecule has 21 heavy (non-hydrogen) atoms. The molecule has 1 saturated heterocycles. The second kappa shape index (κ2) is 5.70. The molecule has 1 aliphatic rings. The highest BCUT2D eigenvalue weighted by Gasteiger charge is 2.28. The third kappa shape index (κ3) is 3.22. The number of nitrogens with one attached hydrogen (secondary N) is 2. The zero-order valence-corrected chi connectivity index (χ0v) is 11.2. The highest BCUT2D eigenvalue weighted by Crippen LogP contribution is 2.09. The van der Waals surface area contributed by atoms with Crippen molar-refractivity contribution < 1.29 is 24.3 Å². The van der Waals surface area contributed by atoms with E-state index < -0.39 is 23.8 Å². The molecule has 0 spiro atoms. The van der Waals surface area contributed by atoms with Gasteiger partial charge in [0.15, 0.2) is 0 Å². The van der Waals surface area contributed by atoms with Crippen molar-refractivity contribution in [2.24, 2.45) is 0 Å². The van der Waals surface area contributed by atoms with Gasteiger partial charge in [-0.3, -0.25) is 19.7 Å². The zero-order valence-electron chi connectivity index (χ0n) is 11.2. The van der Waals surface area contributed by atoms with Gasteiger partial charge in [-0.1, -0.05) is 0 Å². The Hall–Kier alpha value is -2.77. The summed E-state index contributed by atoms with van der Waals surface area (Å²) in [5.74, 6) is -2.65. The molecule has 0 aliphatic carbocycles. The van der Waals surface area contributed by atoms with Crippen LogP contribution in [-0.2, 0) is 9.59 Å². The van der Waals surface area contributed by atoms with E-state index in [0.29, 0.717) is 0 Å². The maximum absolute atomic E-state index is 12.0. The molecule has 1 atom stereocenters. The van der Waals surface area contributed by atoms with Gasteiger partial charge in [-0.05, 0) is 25.5 Å². The van der Waals surface area contributed by atoms with E-state index in [0.717, 1.165) is 0 Å². The van der Waals surface area contributed by atoms with Crippen molar-refractivity contribution in [1.29, 1.82) is 0 Å². The molecule has 0 aromatic carbocycles. The Morgan fingerprint density at radius 1 is 1.38 bits per heavy atom. The first-order chi connectivity index (χ1) is 9.88. The number of carboxylic acid groups (broad SMARTS) is 1. The van der Waals surface area contributed by atoms with Crippen LogP contribution in [0.15, 0.2) is 12.1 Å².